The molecule has 1 heterocycles. The highest BCUT2D eigenvalue weighted by atomic mass is 16.5. The third-order valence-corrected chi connectivity index (χ3v) is 3.30. The Bertz CT molecular complexity index is 788. The van der Waals surface area contributed by atoms with E-state index in [0.717, 1.165) is 11.1 Å². The number of esters is 1. The number of rotatable bonds is 2. The van der Waals surface area contributed by atoms with Gasteiger partial charge in [0.15, 0.2) is 5.76 Å². The lowest BCUT2D eigenvalue weighted by Gasteiger charge is -2.05. The maximum atomic E-state index is 12.5. The van der Waals surface area contributed by atoms with Crippen LogP contribution in [0.3, 0.4) is 0 Å². The third kappa shape index (κ3) is 2.63. The minimum absolute atomic E-state index is 0.161. The summed E-state index contributed by atoms with van der Waals surface area (Å²) in [5, 5.41) is 0. The van der Waals surface area contributed by atoms with Gasteiger partial charge in [0, 0.05) is 13.0 Å². The van der Waals surface area contributed by atoms with Gasteiger partial charge in [0.2, 0.25) is 5.78 Å². The van der Waals surface area contributed by atoms with E-state index < -0.39 is 5.97 Å². The first kappa shape index (κ1) is 14.1. The number of ether oxygens (including phenoxy) is 2. The Balaban J connectivity index is 1.98. The van der Waals surface area contributed by atoms with Crippen molar-refractivity contribution in [3.63, 3.8) is 0 Å². The minimum atomic E-state index is -0.413. The molecule has 0 radical (unpaired) electrons. The molecule has 0 spiro atoms. The molecule has 0 fully saturated rings. The average molecular weight is 294 g/mol. The molecule has 22 heavy (non-hydrogen) atoms. The lowest BCUT2D eigenvalue weighted by Crippen LogP contribution is -2.02. The summed E-state index contributed by atoms with van der Waals surface area (Å²) in [6.45, 7) is 3.12. The number of ketones is 1. The van der Waals surface area contributed by atoms with Crippen molar-refractivity contribution in [3.8, 4) is 11.5 Å². The molecule has 110 valence electrons. The summed E-state index contributed by atoms with van der Waals surface area (Å²) in [5.74, 6) is 0.486. The molecule has 0 saturated heterocycles. The number of benzene rings is 2. The molecular weight excluding hydrogens is 280 g/mol. The Morgan fingerprint density at radius 3 is 2.59 bits per heavy atom. The molecule has 0 atom stereocenters. The largest absolute Gasteiger partial charge is 0.452 e. The highest BCUT2D eigenvalue weighted by molar-refractivity contribution is 6.15. The molecule has 3 rings (SSSR count). The fourth-order valence-corrected chi connectivity index (χ4v) is 2.40. The van der Waals surface area contributed by atoms with Crippen molar-refractivity contribution in [2.24, 2.45) is 0 Å². The molecular formula is C18H14O4. The summed E-state index contributed by atoms with van der Waals surface area (Å²) in [6, 6.07) is 12.7. The van der Waals surface area contributed by atoms with Crippen molar-refractivity contribution < 1.29 is 19.1 Å². The van der Waals surface area contributed by atoms with Gasteiger partial charge in [-0.05, 0) is 30.2 Å². The predicted octanol–water partition coefficient (Wildman–Crippen LogP) is 3.54. The first-order chi connectivity index (χ1) is 10.5. The van der Waals surface area contributed by atoms with E-state index in [9.17, 15) is 9.59 Å². The first-order valence-corrected chi connectivity index (χ1v) is 6.87. The van der Waals surface area contributed by atoms with E-state index in [2.05, 4.69) is 0 Å². The summed E-state index contributed by atoms with van der Waals surface area (Å²) in [7, 11) is 0. The summed E-state index contributed by atoms with van der Waals surface area (Å²) in [6.07, 6.45) is 1.70. The molecule has 2 aromatic rings. The standard InChI is InChI=1S/C18H14O4/c1-11-8-14(21-12(2)19)10-15-17(11)18(20)16(22-15)9-13-6-4-3-5-7-13/h3-10H,1-2H3/b16-9-. The second-order valence-corrected chi connectivity index (χ2v) is 5.06. The zero-order chi connectivity index (χ0) is 15.7. The van der Waals surface area contributed by atoms with Crippen LogP contribution in [0.1, 0.15) is 28.4 Å². The molecule has 0 saturated carbocycles. The monoisotopic (exact) mass is 294 g/mol. The van der Waals surface area contributed by atoms with E-state index in [1.807, 2.05) is 30.3 Å². The van der Waals surface area contributed by atoms with Crippen molar-refractivity contribution in [2.75, 3.05) is 0 Å². The Morgan fingerprint density at radius 1 is 1.18 bits per heavy atom. The molecule has 0 aliphatic carbocycles. The number of allylic oxidation sites excluding steroid dienone is 1. The van der Waals surface area contributed by atoms with Crippen LogP contribution < -0.4 is 9.47 Å². The molecule has 0 N–H and O–H groups in total. The molecule has 4 nitrogen and oxygen atoms in total. The Kier molecular flexibility index (Phi) is 3.51. The van der Waals surface area contributed by atoms with Gasteiger partial charge < -0.3 is 9.47 Å². The lowest BCUT2D eigenvalue weighted by molar-refractivity contribution is -0.131. The van der Waals surface area contributed by atoms with Gasteiger partial charge in [0.05, 0.1) is 5.56 Å². The van der Waals surface area contributed by atoms with Crippen LogP contribution >= 0.6 is 0 Å². The summed E-state index contributed by atoms with van der Waals surface area (Å²) >= 11 is 0. The van der Waals surface area contributed by atoms with Crippen LogP contribution in [0.25, 0.3) is 6.08 Å². The number of carbonyl (C=O) groups is 2. The van der Waals surface area contributed by atoms with E-state index in [4.69, 9.17) is 9.47 Å². The van der Waals surface area contributed by atoms with Crippen LogP contribution in [-0.2, 0) is 4.79 Å². The van der Waals surface area contributed by atoms with E-state index in [1.165, 1.54) is 6.92 Å². The van der Waals surface area contributed by atoms with Gasteiger partial charge in [-0.25, -0.2) is 0 Å². The number of hydrogen-bond donors (Lipinski definition) is 0. The smallest absolute Gasteiger partial charge is 0.308 e. The van der Waals surface area contributed by atoms with Gasteiger partial charge in [-0.1, -0.05) is 30.3 Å². The fourth-order valence-electron chi connectivity index (χ4n) is 2.40. The number of Topliss-reactive ketones (excluding diaryl/α,β-unsaturated/α-hetero) is 1. The van der Waals surface area contributed by atoms with Crippen molar-refractivity contribution in [2.45, 2.75) is 13.8 Å². The predicted molar refractivity (Wildman–Crippen MR) is 81.9 cm³/mol. The Labute approximate surface area is 128 Å². The molecule has 1 aliphatic heterocycles. The van der Waals surface area contributed by atoms with Gasteiger partial charge in [-0.3, -0.25) is 9.59 Å². The van der Waals surface area contributed by atoms with E-state index in [-0.39, 0.29) is 11.5 Å². The van der Waals surface area contributed by atoms with E-state index in [0.29, 0.717) is 17.1 Å². The SMILES string of the molecule is CC(=O)Oc1cc(C)c2c(c1)O/C(=C\c1ccccc1)C2=O. The van der Waals surface area contributed by atoms with Crippen LogP contribution in [0.4, 0.5) is 0 Å². The highest BCUT2D eigenvalue weighted by Gasteiger charge is 2.30. The number of hydrogen-bond acceptors (Lipinski definition) is 4. The molecule has 0 bridgehead atoms. The topological polar surface area (TPSA) is 52.6 Å². The van der Waals surface area contributed by atoms with Crippen LogP contribution in [-0.4, -0.2) is 11.8 Å². The van der Waals surface area contributed by atoms with Crippen molar-refractivity contribution in [1.29, 1.82) is 0 Å². The minimum Gasteiger partial charge on any atom is -0.452 e. The second kappa shape index (κ2) is 5.48. The van der Waals surface area contributed by atoms with Crippen molar-refractivity contribution >= 4 is 17.8 Å². The number of aryl methyl sites for hydroxylation is 1. The van der Waals surface area contributed by atoms with Gasteiger partial charge in [-0.2, -0.15) is 0 Å². The Morgan fingerprint density at radius 2 is 1.91 bits per heavy atom. The van der Waals surface area contributed by atoms with Gasteiger partial charge in [0.25, 0.3) is 0 Å². The first-order valence-electron chi connectivity index (χ1n) is 6.87. The normalized spacial score (nSPS) is 14.6. The van der Waals surface area contributed by atoms with E-state index in [1.54, 1.807) is 25.1 Å². The summed E-state index contributed by atoms with van der Waals surface area (Å²) in [4.78, 5) is 23.5. The summed E-state index contributed by atoms with van der Waals surface area (Å²) < 4.78 is 10.7. The maximum absolute atomic E-state index is 12.5. The highest BCUT2D eigenvalue weighted by Crippen LogP contribution is 2.37. The molecule has 2 aromatic carbocycles. The van der Waals surface area contributed by atoms with Crippen LogP contribution in [0, 0.1) is 6.92 Å². The Hall–Kier alpha value is -2.88. The number of carbonyl (C=O) groups excluding carboxylic acids is 2. The van der Waals surface area contributed by atoms with Gasteiger partial charge in [-0.15, -0.1) is 0 Å². The second-order valence-electron chi connectivity index (χ2n) is 5.06. The maximum Gasteiger partial charge on any atom is 0.308 e. The lowest BCUT2D eigenvalue weighted by atomic mass is 10.0. The average Bonchev–Trinajstić information content (AvgIpc) is 2.76. The fraction of sp³-hybridized carbons (Fsp3) is 0.111. The molecule has 0 aromatic heterocycles. The zero-order valence-electron chi connectivity index (χ0n) is 12.3. The van der Waals surface area contributed by atoms with Gasteiger partial charge in [0.1, 0.15) is 11.5 Å². The van der Waals surface area contributed by atoms with Crippen LogP contribution in [0.5, 0.6) is 11.5 Å². The third-order valence-electron chi connectivity index (χ3n) is 3.30. The number of fused-ring (bicyclic) bond motifs is 1. The molecule has 4 heteroatoms. The van der Waals surface area contributed by atoms with E-state index >= 15 is 0 Å². The zero-order valence-corrected chi connectivity index (χ0v) is 12.3. The molecule has 0 amide bonds. The molecule has 1 aliphatic rings. The van der Waals surface area contributed by atoms with Crippen molar-refractivity contribution in [1.82, 2.24) is 0 Å². The quantitative estimate of drug-likeness (QED) is 0.483. The molecule has 0 unspecified atom stereocenters. The van der Waals surface area contributed by atoms with Crippen LogP contribution in [0.15, 0.2) is 48.2 Å². The van der Waals surface area contributed by atoms with Crippen molar-refractivity contribution in [3.05, 3.63) is 64.9 Å². The van der Waals surface area contributed by atoms with Gasteiger partial charge >= 0.3 is 5.97 Å². The summed E-state index contributed by atoms with van der Waals surface area (Å²) in [5.41, 5.74) is 2.12. The van der Waals surface area contributed by atoms with Crippen LogP contribution in [0.2, 0.25) is 0 Å².